The molecular formula is C22H21ClF4N8O2. The minimum absolute atomic E-state index is 0.0391. The number of alkyl halides is 4. The van der Waals surface area contributed by atoms with Crippen LogP contribution in [0.5, 0.6) is 0 Å². The summed E-state index contributed by atoms with van der Waals surface area (Å²) >= 11 is 5.98. The predicted octanol–water partition coefficient (Wildman–Crippen LogP) is 3.81. The number of hydrogen-bond acceptors (Lipinski definition) is 7. The lowest BCUT2D eigenvalue weighted by atomic mass is 10.0. The topological polar surface area (TPSA) is 123 Å². The SMILES string of the molecule is CC(C)(O)C(F)CNC(=O)c1cnc(-n2ncc3cc(Cl)cnc32)cc1Nc1cnn(CC(F)(F)F)c1. The quantitative estimate of drug-likeness (QED) is 0.290. The molecule has 0 saturated heterocycles. The van der Waals surface area contributed by atoms with Crippen LogP contribution in [0.1, 0.15) is 24.2 Å². The maximum atomic E-state index is 14.2. The Morgan fingerprint density at radius 2 is 1.89 bits per heavy atom. The number of nitrogens with zero attached hydrogens (tertiary/aromatic N) is 6. The van der Waals surface area contributed by atoms with Gasteiger partial charge in [-0.3, -0.25) is 9.48 Å². The van der Waals surface area contributed by atoms with Crippen molar-refractivity contribution in [3.63, 3.8) is 0 Å². The van der Waals surface area contributed by atoms with Gasteiger partial charge in [-0.25, -0.2) is 14.4 Å². The summed E-state index contributed by atoms with van der Waals surface area (Å²) in [5, 5.41) is 24.0. The van der Waals surface area contributed by atoms with Crippen molar-refractivity contribution in [1.29, 1.82) is 0 Å². The van der Waals surface area contributed by atoms with Crippen LogP contribution in [-0.4, -0.2) is 65.0 Å². The van der Waals surface area contributed by atoms with Crippen LogP contribution in [0.25, 0.3) is 16.9 Å². The standard InChI is InChI=1S/C22H21ClF4N8O2/c1-21(2,37)17(24)9-30-20(36)15-8-28-18(35-19-12(5-32-35)3-13(23)6-29-19)4-16(15)33-14-7-31-34(10-14)11-22(25,26)27/h3-8,10,17,37H,9,11H2,1-2H3,(H,28,33)(H,30,36). The van der Waals surface area contributed by atoms with Gasteiger partial charge < -0.3 is 15.7 Å². The van der Waals surface area contributed by atoms with Gasteiger partial charge in [-0.15, -0.1) is 0 Å². The highest BCUT2D eigenvalue weighted by Gasteiger charge is 2.29. The molecule has 0 spiro atoms. The summed E-state index contributed by atoms with van der Waals surface area (Å²) in [6, 6.07) is 3.08. The molecule has 0 bridgehead atoms. The molecule has 0 aliphatic heterocycles. The molecule has 0 aromatic carbocycles. The van der Waals surface area contributed by atoms with Gasteiger partial charge in [-0.2, -0.15) is 28.1 Å². The second-order valence-corrected chi connectivity index (χ2v) is 9.15. The highest BCUT2D eigenvalue weighted by molar-refractivity contribution is 6.31. The number of nitrogens with one attached hydrogen (secondary N) is 2. The Balaban J connectivity index is 1.68. The molecule has 4 aromatic heterocycles. The molecule has 4 rings (SSSR count). The molecule has 37 heavy (non-hydrogen) atoms. The maximum Gasteiger partial charge on any atom is 0.408 e. The summed E-state index contributed by atoms with van der Waals surface area (Å²) in [4.78, 5) is 21.4. The third-order valence-corrected chi connectivity index (χ3v) is 5.39. The summed E-state index contributed by atoms with van der Waals surface area (Å²) in [5.74, 6) is -0.502. The molecule has 15 heteroatoms. The Labute approximate surface area is 212 Å². The van der Waals surface area contributed by atoms with Crippen LogP contribution in [0.3, 0.4) is 0 Å². The normalized spacial score (nSPS) is 13.1. The van der Waals surface area contributed by atoms with Gasteiger partial charge in [0.1, 0.15) is 12.7 Å². The van der Waals surface area contributed by atoms with E-state index < -0.39 is 36.9 Å². The molecule has 196 valence electrons. The van der Waals surface area contributed by atoms with Gasteiger partial charge in [-0.05, 0) is 19.9 Å². The zero-order chi connectivity index (χ0) is 27.0. The van der Waals surface area contributed by atoms with Crippen LogP contribution in [0, 0.1) is 0 Å². The predicted molar refractivity (Wildman–Crippen MR) is 127 cm³/mol. The van der Waals surface area contributed by atoms with Crippen LogP contribution in [-0.2, 0) is 6.54 Å². The smallest absolute Gasteiger partial charge is 0.387 e. The highest BCUT2D eigenvalue weighted by Crippen LogP contribution is 2.26. The van der Waals surface area contributed by atoms with Gasteiger partial charge in [0.2, 0.25) is 0 Å². The molecule has 3 N–H and O–H groups in total. The lowest BCUT2D eigenvalue weighted by Gasteiger charge is -2.22. The highest BCUT2D eigenvalue weighted by atomic mass is 35.5. The molecule has 0 saturated carbocycles. The van der Waals surface area contributed by atoms with Gasteiger partial charge in [0, 0.05) is 30.0 Å². The first-order chi connectivity index (χ1) is 17.3. The third kappa shape index (κ3) is 6.32. The van der Waals surface area contributed by atoms with Crippen LogP contribution in [0.2, 0.25) is 5.02 Å². The first kappa shape index (κ1) is 26.3. The van der Waals surface area contributed by atoms with Crippen molar-refractivity contribution in [2.24, 2.45) is 0 Å². The van der Waals surface area contributed by atoms with Gasteiger partial charge in [0.05, 0.1) is 46.5 Å². The average molecular weight is 541 g/mol. The Bertz CT molecular complexity index is 1430. The zero-order valence-electron chi connectivity index (χ0n) is 19.5. The summed E-state index contributed by atoms with van der Waals surface area (Å²) < 4.78 is 54.4. The monoisotopic (exact) mass is 540 g/mol. The van der Waals surface area contributed by atoms with E-state index in [1.54, 1.807) is 6.07 Å². The van der Waals surface area contributed by atoms with Crippen molar-refractivity contribution < 1.29 is 27.5 Å². The molecule has 0 aliphatic carbocycles. The number of pyridine rings is 2. The van der Waals surface area contributed by atoms with Crippen molar-refractivity contribution in [1.82, 2.24) is 34.8 Å². The van der Waals surface area contributed by atoms with E-state index in [-0.39, 0.29) is 22.8 Å². The molecule has 0 aliphatic rings. The van der Waals surface area contributed by atoms with Crippen LogP contribution in [0.4, 0.5) is 28.9 Å². The molecule has 10 nitrogen and oxygen atoms in total. The molecular weight excluding hydrogens is 520 g/mol. The largest absolute Gasteiger partial charge is 0.408 e. The number of halogens is 5. The second kappa shape index (κ2) is 9.94. The summed E-state index contributed by atoms with van der Waals surface area (Å²) in [6.07, 6.45) is 0.193. The van der Waals surface area contributed by atoms with Crippen molar-refractivity contribution in [2.75, 3.05) is 11.9 Å². The summed E-state index contributed by atoms with van der Waals surface area (Å²) in [5.41, 5.74) is -1.01. The zero-order valence-corrected chi connectivity index (χ0v) is 20.2. The Kier molecular flexibility index (Phi) is 7.06. The molecule has 0 radical (unpaired) electrons. The minimum Gasteiger partial charge on any atom is -0.387 e. The number of carbonyl (C=O) groups excluding carboxylic acids is 1. The van der Waals surface area contributed by atoms with Crippen molar-refractivity contribution in [3.8, 4) is 5.82 Å². The number of hydrogen-bond donors (Lipinski definition) is 3. The van der Waals surface area contributed by atoms with E-state index in [1.165, 1.54) is 43.2 Å². The molecule has 1 atom stereocenters. The van der Waals surface area contributed by atoms with E-state index in [4.69, 9.17) is 11.6 Å². The molecule has 1 unspecified atom stereocenters. The molecule has 4 aromatic rings. The third-order valence-electron chi connectivity index (χ3n) is 5.19. The Morgan fingerprint density at radius 3 is 2.59 bits per heavy atom. The van der Waals surface area contributed by atoms with Crippen molar-refractivity contribution >= 4 is 39.9 Å². The number of amides is 1. The first-order valence-electron chi connectivity index (χ1n) is 10.8. The fraction of sp³-hybridized carbons (Fsp3) is 0.318. The molecule has 0 fully saturated rings. The van der Waals surface area contributed by atoms with Crippen LogP contribution < -0.4 is 10.6 Å². The number of anilines is 2. The summed E-state index contributed by atoms with van der Waals surface area (Å²) in [6.45, 7) is 0.746. The summed E-state index contributed by atoms with van der Waals surface area (Å²) in [7, 11) is 0. The fourth-order valence-corrected chi connectivity index (χ4v) is 3.45. The van der Waals surface area contributed by atoms with Gasteiger partial charge in [0.25, 0.3) is 5.91 Å². The van der Waals surface area contributed by atoms with E-state index in [0.29, 0.717) is 20.7 Å². The van der Waals surface area contributed by atoms with E-state index in [0.717, 1.165) is 12.4 Å². The number of rotatable bonds is 8. The fourth-order valence-electron chi connectivity index (χ4n) is 3.29. The lowest BCUT2D eigenvalue weighted by Crippen LogP contribution is -2.42. The van der Waals surface area contributed by atoms with Gasteiger partial charge in [0.15, 0.2) is 11.5 Å². The molecule has 4 heterocycles. The van der Waals surface area contributed by atoms with Gasteiger partial charge in [-0.1, -0.05) is 11.6 Å². The minimum atomic E-state index is -4.47. The number of carbonyl (C=O) groups is 1. The number of aliphatic hydroxyl groups is 1. The first-order valence-corrected chi connectivity index (χ1v) is 11.2. The average Bonchev–Trinajstić information content (AvgIpc) is 3.41. The lowest BCUT2D eigenvalue weighted by molar-refractivity contribution is -0.142. The van der Waals surface area contributed by atoms with Crippen molar-refractivity contribution in [3.05, 3.63) is 53.7 Å². The van der Waals surface area contributed by atoms with E-state index in [2.05, 4.69) is 30.8 Å². The van der Waals surface area contributed by atoms with Crippen LogP contribution in [0.15, 0.2) is 43.1 Å². The molecule has 1 amide bonds. The second-order valence-electron chi connectivity index (χ2n) is 8.71. The van der Waals surface area contributed by atoms with E-state index in [9.17, 15) is 27.5 Å². The van der Waals surface area contributed by atoms with E-state index in [1.807, 2.05) is 0 Å². The van der Waals surface area contributed by atoms with E-state index >= 15 is 0 Å². The maximum absolute atomic E-state index is 14.2. The van der Waals surface area contributed by atoms with Crippen molar-refractivity contribution in [2.45, 2.75) is 38.3 Å². The Hall–Kier alpha value is -3.78. The Morgan fingerprint density at radius 1 is 1.14 bits per heavy atom. The van der Waals surface area contributed by atoms with Crippen LogP contribution >= 0.6 is 11.6 Å². The number of aromatic nitrogens is 6. The number of fused-ring (bicyclic) bond motifs is 1. The van der Waals surface area contributed by atoms with Gasteiger partial charge >= 0.3 is 6.18 Å².